The van der Waals surface area contributed by atoms with Gasteiger partial charge >= 0.3 is 12.2 Å². The number of amides is 2. The van der Waals surface area contributed by atoms with Crippen molar-refractivity contribution in [2.75, 3.05) is 30.5 Å². The highest BCUT2D eigenvalue weighted by Crippen LogP contribution is 2.47. The normalized spacial score (nSPS) is 16.4. The summed E-state index contributed by atoms with van der Waals surface area (Å²) in [5.74, 6) is 3.72. The maximum atomic E-state index is 13.0. The Bertz CT molecular complexity index is 2190. The number of carbonyl (C=O) groups is 2. The highest BCUT2D eigenvalue weighted by atomic mass is 19.3. The highest BCUT2D eigenvalue weighted by Gasteiger charge is 2.65. The number of hydrogen-bond acceptors (Lipinski definition) is 6. The van der Waals surface area contributed by atoms with Crippen molar-refractivity contribution in [2.24, 2.45) is 23.7 Å². The van der Waals surface area contributed by atoms with Gasteiger partial charge in [0.1, 0.15) is 13.2 Å². The second kappa shape index (κ2) is 21.4. The molecule has 0 bridgehead atoms. The first kappa shape index (κ1) is 48.8. The minimum Gasteiger partial charge on any atom is -0.486 e. The molecule has 342 valence electrons. The smallest absolute Gasteiger partial charge is 0.486 e. The molecule has 0 fully saturated rings. The van der Waals surface area contributed by atoms with Crippen LogP contribution in [0.25, 0.3) is 0 Å². The number of aryl methyl sites for hydroxylation is 2. The molecule has 4 aromatic carbocycles. The monoisotopic (exact) mass is 876 g/mol. The third kappa shape index (κ3) is 13.9. The van der Waals surface area contributed by atoms with Crippen LogP contribution in [0.4, 0.5) is 28.9 Å². The van der Waals surface area contributed by atoms with Crippen LogP contribution in [0.3, 0.4) is 0 Å². The number of nitrogens with zero attached hydrogens (tertiary/aromatic N) is 1. The molecule has 8 nitrogen and oxygen atoms in total. The van der Waals surface area contributed by atoms with Gasteiger partial charge in [-0.2, -0.15) is 17.6 Å². The van der Waals surface area contributed by atoms with Crippen molar-refractivity contribution in [1.29, 1.82) is 0 Å². The van der Waals surface area contributed by atoms with E-state index in [1.165, 1.54) is 39.9 Å². The molecule has 4 heterocycles. The molecule has 1 N–H and O–H groups in total. The second-order valence-electron chi connectivity index (χ2n) is 18.3. The van der Waals surface area contributed by atoms with Gasteiger partial charge in [0.25, 0.3) is 0 Å². The van der Waals surface area contributed by atoms with Crippen LogP contribution < -0.4 is 29.2 Å². The molecule has 0 unspecified atom stereocenters. The van der Waals surface area contributed by atoms with Crippen LogP contribution in [0.2, 0.25) is 0 Å². The minimum atomic E-state index is -4.66. The number of anilines is 2. The number of fused-ring (bicyclic) bond motifs is 4. The Labute approximate surface area is 370 Å². The summed E-state index contributed by atoms with van der Waals surface area (Å²) >= 11 is 0. The lowest BCUT2D eigenvalue weighted by atomic mass is 9.96. The summed E-state index contributed by atoms with van der Waals surface area (Å²) in [4.78, 5) is 24.7. The lowest BCUT2D eigenvalue weighted by molar-refractivity contribution is -0.391. The minimum absolute atomic E-state index is 0.143. The van der Waals surface area contributed by atoms with Gasteiger partial charge in [0.05, 0.1) is 0 Å². The molecule has 0 saturated carbocycles. The van der Waals surface area contributed by atoms with E-state index in [0.717, 1.165) is 60.5 Å². The quantitative estimate of drug-likeness (QED) is 0.177. The van der Waals surface area contributed by atoms with Gasteiger partial charge in [-0.05, 0) is 132 Å². The summed E-state index contributed by atoms with van der Waals surface area (Å²) in [5, 5.41) is 2.93. The van der Waals surface area contributed by atoms with Gasteiger partial charge in [0.2, 0.25) is 11.8 Å². The van der Waals surface area contributed by atoms with Crippen molar-refractivity contribution in [3.05, 3.63) is 106 Å². The number of halogens is 4. The van der Waals surface area contributed by atoms with Gasteiger partial charge in [-0.3, -0.25) is 9.59 Å². The average molecular weight is 877 g/mol. The van der Waals surface area contributed by atoms with Gasteiger partial charge in [-0.15, -0.1) is 0 Å². The molecule has 8 rings (SSSR count). The van der Waals surface area contributed by atoms with Gasteiger partial charge < -0.3 is 29.2 Å². The number of nitrogens with one attached hydrogen (secondary N) is 1. The first-order valence-electron chi connectivity index (χ1n) is 22.1. The van der Waals surface area contributed by atoms with E-state index in [0.29, 0.717) is 56.1 Å². The first-order valence-corrected chi connectivity index (χ1v) is 22.1. The van der Waals surface area contributed by atoms with Crippen LogP contribution in [-0.2, 0) is 48.1 Å². The number of carbonyl (C=O) groups excluding carboxylic acids is 2. The summed E-state index contributed by atoms with van der Waals surface area (Å²) < 4.78 is 70.7. The number of rotatable bonds is 8. The van der Waals surface area contributed by atoms with Gasteiger partial charge in [0, 0.05) is 31.3 Å². The Balaban J connectivity index is 0.000000159. The Hall–Kier alpha value is -5.26. The summed E-state index contributed by atoms with van der Waals surface area (Å²) in [7, 11) is 1.87. The van der Waals surface area contributed by atoms with Crippen molar-refractivity contribution in [2.45, 2.75) is 119 Å². The van der Waals surface area contributed by atoms with E-state index in [9.17, 15) is 27.2 Å². The zero-order valence-corrected chi connectivity index (χ0v) is 38.2. The maximum Gasteiger partial charge on any atom is 0.507 e. The molecule has 12 heteroatoms. The first-order chi connectivity index (χ1) is 29.7. The second-order valence-corrected chi connectivity index (χ2v) is 18.3. The molecule has 4 aromatic rings. The summed E-state index contributed by atoms with van der Waals surface area (Å²) in [6.45, 7) is 18.5. The number of benzene rings is 4. The Morgan fingerprint density at radius 3 is 1.56 bits per heavy atom. The summed E-state index contributed by atoms with van der Waals surface area (Å²) in [5.41, 5.74) is 9.38. The molecule has 2 amide bonds. The molecule has 4 aliphatic rings. The molecule has 0 spiro atoms. The fraction of sp³-hybridized carbons (Fsp3) is 0.490. The number of ether oxygens (including phenoxy) is 4. The van der Waals surface area contributed by atoms with E-state index in [1.807, 2.05) is 27.0 Å². The largest absolute Gasteiger partial charge is 0.507 e. The van der Waals surface area contributed by atoms with Gasteiger partial charge in [-0.1, -0.05) is 91.8 Å². The fourth-order valence-corrected chi connectivity index (χ4v) is 7.69. The molecule has 0 aromatic heterocycles. The summed E-state index contributed by atoms with van der Waals surface area (Å²) in [6, 6.07) is 23.3. The maximum absolute atomic E-state index is 13.0. The van der Waals surface area contributed by atoms with Crippen LogP contribution in [-0.4, -0.2) is 44.3 Å². The lowest BCUT2D eigenvalue weighted by Gasteiger charge is -2.32. The third-order valence-electron chi connectivity index (χ3n) is 10.6. The Morgan fingerprint density at radius 2 is 0.984 bits per heavy atom. The lowest BCUT2D eigenvalue weighted by Crippen LogP contribution is -2.52. The van der Waals surface area contributed by atoms with E-state index < -0.39 is 12.2 Å². The number of alkyl halides is 4. The van der Waals surface area contributed by atoms with Crippen molar-refractivity contribution in [3.8, 4) is 23.0 Å². The standard InChI is InChI=1S/C14H19NO.C13H17NO.C12H12F4O2.C12H16O2/c1-10(2)8-11-4-5-12-6-7-14(16)15(3)13(12)9-11;1-9(2)7-10-3-4-11-5-6-13(15)14-12(11)8-10;1-7(2)5-8-3-4-9-10(6-8)18-12(15,16)11(13,14)17-9;1-9(2)7-10-3-4-11-12(8-10)14-6-5-13-11/h4-5,9-10H,6-8H2,1-3H3;3-4,8-9H,5-7H2,1-2H3,(H,14,15);3-4,6-7H,5H2,1-2H3;3-4,8-9H,5-7H2,1-2H3. The zero-order valence-electron chi connectivity index (χ0n) is 38.2. The SMILES string of the molecule is CC(C)Cc1ccc2c(c1)N(C)C(=O)CC2.CC(C)Cc1ccc2c(c1)NC(=O)CC2.CC(C)Cc1ccc2c(c1)OC(F)(F)C(F)(F)O2.CC(C)Cc1ccc2c(c1)OCCO2. The van der Waals surface area contributed by atoms with Crippen LogP contribution in [0.1, 0.15) is 102 Å². The van der Waals surface area contributed by atoms with E-state index in [4.69, 9.17) is 9.47 Å². The van der Waals surface area contributed by atoms with Gasteiger partial charge in [-0.25, -0.2) is 0 Å². The highest BCUT2D eigenvalue weighted by molar-refractivity contribution is 5.96. The third-order valence-corrected chi connectivity index (χ3v) is 10.6. The van der Waals surface area contributed by atoms with E-state index in [2.05, 4.69) is 105 Å². The van der Waals surface area contributed by atoms with Crippen molar-refractivity contribution >= 4 is 23.2 Å². The molecule has 4 aliphatic heterocycles. The molecule has 0 saturated heterocycles. The molecule has 0 radical (unpaired) electrons. The zero-order chi connectivity index (χ0) is 46.1. The average Bonchev–Trinajstić information content (AvgIpc) is 3.19. The molecular formula is C51H64F4N2O6. The van der Waals surface area contributed by atoms with E-state index in [-0.39, 0.29) is 23.3 Å². The van der Waals surface area contributed by atoms with E-state index in [1.54, 1.807) is 11.0 Å². The van der Waals surface area contributed by atoms with Crippen LogP contribution in [0.15, 0.2) is 72.8 Å². The number of hydrogen-bond donors (Lipinski definition) is 1. The van der Waals surface area contributed by atoms with E-state index >= 15 is 0 Å². The van der Waals surface area contributed by atoms with Crippen molar-refractivity contribution in [1.82, 2.24) is 0 Å². The topological polar surface area (TPSA) is 86.3 Å². The molecular weight excluding hydrogens is 813 g/mol. The predicted molar refractivity (Wildman–Crippen MR) is 241 cm³/mol. The Kier molecular flexibility index (Phi) is 16.6. The molecule has 63 heavy (non-hydrogen) atoms. The van der Waals surface area contributed by atoms with Crippen molar-refractivity contribution < 1.29 is 46.1 Å². The van der Waals surface area contributed by atoms with Crippen LogP contribution in [0.5, 0.6) is 23.0 Å². The van der Waals surface area contributed by atoms with Crippen molar-refractivity contribution in [3.63, 3.8) is 0 Å². The van der Waals surface area contributed by atoms with Gasteiger partial charge in [0.15, 0.2) is 23.0 Å². The molecule has 0 atom stereocenters. The van der Waals surface area contributed by atoms with Crippen LogP contribution >= 0.6 is 0 Å². The van der Waals surface area contributed by atoms with Crippen LogP contribution in [0, 0.1) is 23.7 Å². The summed E-state index contributed by atoms with van der Waals surface area (Å²) in [6.07, 6.45) is -2.39. The Morgan fingerprint density at radius 1 is 0.540 bits per heavy atom. The predicted octanol–water partition coefficient (Wildman–Crippen LogP) is 12.1. The fourth-order valence-electron chi connectivity index (χ4n) is 7.69. The molecule has 0 aliphatic carbocycles.